The number of imide groups is 1. The lowest BCUT2D eigenvalue weighted by Crippen LogP contribution is -2.47. The lowest BCUT2D eigenvalue weighted by Gasteiger charge is -2.26. The number of nitrogens with zero attached hydrogens (tertiary/aromatic N) is 2. The standard InChI is InChI=1S/C15H27N3O3/c1-5-9-15(10-6-2)13(20)18(14(21)16-15)11-12(19)17(7-3)8-4/h5-11H2,1-4H3,(H,16,21). The van der Waals surface area contributed by atoms with Gasteiger partial charge >= 0.3 is 6.03 Å². The normalized spacial score (nSPS) is 17.0. The van der Waals surface area contributed by atoms with Crippen LogP contribution < -0.4 is 5.32 Å². The minimum Gasteiger partial charge on any atom is -0.342 e. The average Bonchev–Trinajstić information content (AvgIpc) is 2.66. The Labute approximate surface area is 126 Å². The van der Waals surface area contributed by atoms with Crippen LogP contribution >= 0.6 is 0 Å². The zero-order valence-electron chi connectivity index (χ0n) is 13.6. The minimum atomic E-state index is -0.815. The fraction of sp³-hybridized carbons (Fsp3) is 0.800. The van der Waals surface area contributed by atoms with Crippen molar-refractivity contribution < 1.29 is 14.4 Å². The highest BCUT2D eigenvalue weighted by Crippen LogP contribution is 2.27. The van der Waals surface area contributed by atoms with Crippen LogP contribution in [-0.4, -0.2) is 52.8 Å². The summed E-state index contributed by atoms with van der Waals surface area (Å²) in [5.41, 5.74) is -0.815. The van der Waals surface area contributed by atoms with Gasteiger partial charge in [0.15, 0.2) is 0 Å². The molecular formula is C15H27N3O3. The second-order valence-electron chi connectivity index (χ2n) is 5.47. The summed E-state index contributed by atoms with van der Waals surface area (Å²) in [4.78, 5) is 39.6. The van der Waals surface area contributed by atoms with Crippen molar-refractivity contribution in [3.63, 3.8) is 0 Å². The second kappa shape index (κ2) is 7.43. The van der Waals surface area contributed by atoms with Crippen molar-refractivity contribution in [1.82, 2.24) is 15.1 Å². The van der Waals surface area contributed by atoms with Gasteiger partial charge in [-0.1, -0.05) is 26.7 Å². The van der Waals surface area contributed by atoms with Crippen LogP contribution in [0.3, 0.4) is 0 Å². The van der Waals surface area contributed by atoms with Crippen LogP contribution in [0.1, 0.15) is 53.4 Å². The van der Waals surface area contributed by atoms with E-state index in [9.17, 15) is 14.4 Å². The van der Waals surface area contributed by atoms with Gasteiger partial charge in [-0.25, -0.2) is 4.79 Å². The van der Waals surface area contributed by atoms with Crippen LogP contribution in [0, 0.1) is 0 Å². The molecule has 1 heterocycles. The first-order chi connectivity index (χ1) is 9.95. The van der Waals surface area contributed by atoms with Crippen molar-refractivity contribution in [3.8, 4) is 0 Å². The van der Waals surface area contributed by atoms with Crippen molar-refractivity contribution in [2.24, 2.45) is 0 Å². The molecule has 0 aromatic carbocycles. The Morgan fingerprint density at radius 2 is 1.62 bits per heavy atom. The third-order valence-corrected chi connectivity index (χ3v) is 4.01. The third kappa shape index (κ3) is 3.54. The third-order valence-electron chi connectivity index (χ3n) is 4.01. The molecule has 6 nitrogen and oxygen atoms in total. The number of hydrogen-bond acceptors (Lipinski definition) is 3. The van der Waals surface area contributed by atoms with E-state index in [2.05, 4.69) is 5.32 Å². The van der Waals surface area contributed by atoms with Crippen molar-refractivity contribution in [3.05, 3.63) is 0 Å². The molecule has 1 aliphatic rings. The summed E-state index contributed by atoms with van der Waals surface area (Å²) in [5.74, 6) is -0.441. The first-order valence-electron chi connectivity index (χ1n) is 7.87. The Bertz CT molecular complexity index is 399. The molecule has 1 fully saturated rings. The maximum atomic E-state index is 12.6. The molecule has 6 heteroatoms. The molecule has 21 heavy (non-hydrogen) atoms. The average molecular weight is 297 g/mol. The molecule has 1 rings (SSSR count). The Morgan fingerprint density at radius 1 is 1.10 bits per heavy atom. The fourth-order valence-corrected chi connectivity index (χ4v) is 2.95. The van der Waals surface area contributed by atoms with Crippen molar-refractivity contribution in [2.75, 3.05) is 19.6 Å². The van der Waals surface area contributed by atoms with Crippen LogP contribution in [-0.2, 0) is 9.59 Å². The Morgan fingerprint density at radius 3 is 2.05 bits per heavy atom. The number of carbonyl (C=O) groups excluding carboxylic acids is 3. The summed E-state index contributed by atoms with van der Waals surface area (Å²) in [6, 6.07) is -0.442. The molecule has 0 aromatic rings. The molecule has 0 bridgehead atoms. The molecular weight excluding hydrogens is 270 g/mol. The molecule has 0 unspecified atom stereocenters. The number of nitrogens with one attached hydrogen (secondary N) is 1. The van der Waals surface area contributed by atoms with E-state index in [0.717, 1.165) is 17.7 Å². The van der Waals surface area contributed by atoms with Gasteiger partial charge in [-0.15, -0.1) is 0 Å². The summed E-state index contributed by atoms with van der Waals surface area (Å²) in [7, 11) is 0. The van der Waals surface area contributed by atoms with Gasteiger partial charge in [0.05, 0.1) is 0 Å². The largest absolute Gasteiger partial charge is 0.342 e. The van der Waals surface area contributed by atoms with Gasteiger partial charge in [-0.3, -0.25) is 14.5 Å². The Balaban J connectivity index is 2.87. The second-order valence-corrected chi connectivity index (χ2v) is 5.47. The molecule has 1 N–H and O–H groups in total. The molecule has 0 spiro atoms. The molecule has 1 saturated heterocycles. The van der Waals surface area contributed by atoms with Gasteiger partial charge in [-0.2, -0.15) is 0 Å². The Hall–Kier alpha value is -1.59. The minimum absolute atomic E-state index is 0.165. The monoisotopic (exact) mass is 297 g/mol. The van der Waals surface area contributed by atoms with E-state index in [0.29, 0.717) is 25.9 Å². The van der Waals surface area contributed by atoms with E-state index in [1.165, 1.54) is 0 Å². The number of hydrogen-bond donors (Lipinski definition) is 1. The Kier molecular flexibility index (Phi) is 6.18. The molecule has 0 aliphatic carbocycles. The number of rotatable bonds is 8. The summed E-state index contributed by atoms with van der Waals surface area (Å²) in [5, 5.41) is 2.82. The molecule has 1 aliphatic heterocycles. The zero-order valence-corrected chi connectivity index (χ0v) is 13.6. The van der Waals surface area contributed by atoms with E-state index in [1.807, 2.05) is 27.7 Å². The summed E-state index contributed by atoms with van der Waals surface area (Å²) in [6.45, 7) is 8.72. The smallest absolute Gasteiger partial charge is 0.325 e. The maximum Gasteiger partial charge on any atom is 0.325 e. The molecule has 0 radical (unpaired) electrons. The van der Waals surface area contributed by atoms with Crippen LogP contribution in [0.25, 0.3) is 0 Å². The lowest BCUT2D eigenvalue weighted by atomic mass is 9.88. The highest BCUT2D eigenvalue weighted by Gasteiger charge is 2.50. The molecule has 0 aromatic heterocycles. The zero-order chi connectivity index (χ0) is 16.0. The highest BCUT2D eigenvalue weighted by atomic mass is 16.2. The van der Waals surface area contributed by atoms with Crippen LogP contribution in [0.5, 0.6) is 0 Å². The summed E-state index contributed by atoms with van der Waals surface area (Å²) in [6.07, 6.45) is 2.84. The van der Waals surface area contributed by atoms with E-state index in [1.54, 1.807) is 4.90 Å². The van der Waals surface area contributed by atoms with Gasteiger partial charge in [-0.05, 0) is 26.7 Å². The van der Waals surface area contributed by atoms with Crippen LogP contribution in [0.2, 0.25) is 0 Å². The van der Waals surface area contributed by atoms with Gasteiger partial charge < -0.3 is 10.2 Å². The molecule has 0 saturated carbocycles. The SMILES string of the molecule is CCCC1(CCC)NC(=O)N(CC(=O)N(CC)CC)C1=O. The fourth-order valence-electron chi connectivity index (χ4n) is 2.95. The predicted octanol–water partition coefficient (Wildman–Crippen LogP) is 1.75. The van der Waals surface area contributed by atoms with Gasteiger partial charge in [0.2, 0.25) is 5.91 Å². The lowest BCUT2D eigenvalue weighted by molar-refractivity contribution is -0.139. The van der Waals surface area contributed by atoms with Gasteiger partial charge in [0.1, 0.15) is 12.1 Å². The van der Waals surface area contributed by atoms with Gasteiger partial charge in [0.25, 0.3) is 5.91 Å². The van der Waals surface area contributed by atoms with Crippen molar-refractivity contribution >= 4 is 17.8 Å². The van der Waals surface area contributed by atoms with Crippen LogP contribution in [0.15, 0.2) is 0 Å². The summed E-state index contributed by atoms with van der Waals surface area (Å²) >= 11 is 0. The molecule has 0 atom stereocenters. The molecule has 120 valence electrons. The predicted molar refractivity (Wildman–Crippen MR) is 80.7 cm³/mol. The summed E-state index contributed by atoms with van der Waals surface area (Å²) < 4.78 is 0. The maximum absolute atomic E-state index is 12.6. The first kappa shape index (κ1) is 17.5. The van der Waals surface area contributed by atoms with Crippen molar-refractivity contribution in [2.45, 2.75) is 58.9 Å². The first-order valence-corrected chi connectivity index (χ1v) is 7.87. The van der Waals surface area contributed by atoms with E-state index >= 15 is 0 Å². The number of amides is 4. The molecule has 4 amide bonds. The van der Waals surface area contributed by atoms with E-state index in [4.69, 9.17) is 0 Å². The van der Waals surface area contributed by atoms with Crippen molar-refractivity contribution in [1.29, 1.82) is 0 Å². The highest BCUT2D eigenvalue weighted by molar-refractivity contribution is 6.09. The van der Waals surface area contributed by atoms with E-state index in [-0.39, 0.29) is 18.4 Å². The van der Waals surface area contributed by atoms with Gasteiger partial charge in [0, 0.05) is 13.1 Å². The topological polar surface area (TPSA) is 69.7 Å². The van der Waals surface area contributed by atoms with E-state index < -0.39 is 11.6 Å². The number of likely N-dealkylation sites (N-methyl/N-ethyl adjacent to an activating group) is 1. The quantitative estimate of drug-likeness (QED) is 0.694. The number of carbonyl (C=O) groups is 3. The number of urea groups is 1. The van der Waals surface area contributed by atoms with Crippen LogP contribution in [0.4, 0.5) is 4.79 Å².